The van der Waals surface area contributed by atoms with Crippen LogP contribution in [0.5, 0.6) is 11.5 Å². The third-order valence-electron chi connectivity index (χ3n) is 5.18. The van der Waals surface area contributed by atoms with Crippen LogP contribution in [0.15, 0.2) is 72.9 Å². The van der Waals surface area contributed by atoms with Gasteiger partial charge in [-0.05, 0) is 78.6 Å². The van der Waals surface area contributed by atoms with E-state index in [1.54, 1.807) is 18.3 Å². The van der Waals surface area contributed by atoms with E-state index in [0.717, 1.165) is 27.8 Å². The minimum Gasteiger partial charge on any atom is -0.457 e. The number of pyridine rings is 1. The summed E-state index contributed by atoms with van der Waals surface area (Å²) in [6.45, 7) is 4.14. The molecule has 4 heteroatoms. The Morgan fingerprint density at radius 3 is 2.13 bits per heavy atom. The van der Waals surface area contributed by atoms with E-state index in [2.05, 4.69) is 31.0 Å². The Hall–Kier alpha value is -3.53. The normalized spacial score (nSPS) is 10.9. The van der Waals surface area contributed by atoms with Gasteiger partial charge in [-0.3, -0.25) is 9.78 Å². The van der Waals surface area contributed by atoms with E-state index in [1.807, 2.05) is 30.3 Å². The van der Waals surface area contributed by atoms with E-state index >= 15 is 0 Å². The standard InChI is InChI=1S/C26H22FNO2/c1-17-13-24-25(14-18(17)2)28-12-11-26(24)30-23-9-5-20(6-10-23)16-22(29)15-19-3-7-21(27)8-4-19/h3-14H,15-16H2,1-2H3. The highest BCUT2D eigenvalue weighted by molar-refractivity contribution is 5.86. The highest BCUT2D eigenvalue weighted by atomic mass is 19.1. The Bertz CT molecular complexity index is 1200. The Labute approximate surface area is 175 Å². The van der Waals surface area contributed by atoms with Crippen LogP contribution in [0, 0.1) is 19.7 Å². The van der Waals surface area contributed by atoms with E-state index < -0.39 is 0 Å². The molecule has 3 aromatic carbocycles. The fourth-order valence-corrected chi connectivity index (χ4v) is 3.39. The number of Topliss-reactive ketones (excluding diaryl/α,β-unsaturated/α-hetero) is 1. The summed E-state index contributed by atoms with van der Waals surface area (Å²) in [5, 5.41) is 0.971. The molecule has 0 radical (unpaired) electrons. The molecule has 1 heterocycles. The van der Waals surface area contributed by atoms with Crippen molar-refractivity contribution in [3.8, 4) is 11.5 Å². The summed E-state index contributed by atoms with van der Waals surface area (Å²) in [5.74, 6) is 1.24. The monoisotopic (exact) mass is 399 g/mol. The van der Waals surface area contributed by atoms with Crippen molar-refractivity contribution in [3.63, 3.8) is 0 Å². The lowest BCUT2D eigenvalue weighted by Crippen LogP contribution is -2.06. The smallest absolute Gasteiger partial charge is 0.141 e. The van der Waals surface area contributed by atoms with Crippen LogP contribution in [0.1, 0.15) is 22.3 Å². The molecule has 0 spiro atoms. The first-order chi connectivity index (χ1) is 14.5. The van der Waals surface area contributed by atoms with Crippen LogP contribution in [-0.2, 0) is 17.6 Å². The molecule has 0 aliphatic rings. The molecule has 30 heavy (non-hydrogen) atoms. The molecule has 0 atom stereocenters. The third-order valence-corrected chi connectivity index (χ3v) is 5.18. The number of ether oxygens (including phenoxy) is 1. The molecular formula is C26H22FNO2. The van der Waals surface area contributed by atoms with Crippen LogP contribution < -0.4 is 4.74 Å². The highest BCUT2D eigenvalue weighted by Crippen LogP contribution is 2.30. The molecule has 0 unspecified atom stereocenters. The minimum absolute atomic E-state index is 0.0845. The predicted molar refractivity (Wildman–Crippen MR) is 117 cm³/mol. The van der Waals surface area contributed by atoms with Gasteiger partial charge >= 0.3 is 0 Å². The Kier molecular flexibility index (Phi) is 5.57. The highest BCUT2D eigenvalue weighted by Gasteiger charge is 2.09. The Morgan fingerprint density at radius 1 is 0.867 bits per heavy atom. The molecule has 4 rings (SSSR count). The summed E-state index contributed by atoms with van der Waals surface area (Å²) in [4.78, 5) is 16.7. The number of fused-ring (bicyclic) bond motifs is 1. The van der Waals surface area contributed by atoms with Gasteiger partial charge in [-0.25, -0.2) is 4.39 Å². The molecule has 150 valence electrons. The maximum atomic E-state index is 13.0. The molecule has 0 aliphatic carbocycles. The van der Waals surface area contributed by atoms with Crippen LogP contribution in [-0.4, -0.2) is 10.8 Å². The van der Waals surface area contributed by atoms with E-state index in [0.29, 0.717) is 18.6 Å². The van der Waals surface area contributed by atoms with Gasteiger partial charge in [-0.1, -0.05) is 24.3 Å². The first-order valence-electron chi connectivity index (χ1n) is 9.87. The van der Waals surface area contributed by atoms with Crippen LogP contribution in [0.25, 0.3) is 10.9 Å². The second-order valence-electron chi connectivity index (χ2n) is 7.53. The molecule has 3 nitrogen and oxygen atoms in total. The number of ketones is 1. The van der Waals surface area contributed by atoms with Gasteiger partial charge < -0.3 is 4.74 Å². The molecular weight excluding hydrogens is 377 g/mol. The van der Waals surface area contributed by atoms with Crippen molar-refractivity contribution < 1.29 is 13.9 Å². The van der Waals surface area contributed by atoms with Crippen molar-refractivity contribution in [2.24, 2.45) is 0 Å². The van der Waals surface area contributed by atoms with E-state index in [-0.39, 0.29) is 11.6 Å². The van der Waals surface area contributed by atoms with E-state index in [1.165, 1.54) is 23.3 Å². The molecule has 0 saturated carbocycles. The number of carbonyl (C=O) groups is 1. The lowest BCUT2D eigenvalue weighted by atomic mass is 10.0. The molecule has 0 saturated heterocycles. The van der Waals surface area contributed by atoms with Gasteiger partial charge in [0.2, 0.25) is 0 Å². The van der Waals surface area contributed by atoms with Crippen molar-refractivity contribution in [1.82, 2.24) is 4.98 Å². The number of aryl methyl sites for hydroxylation is 2. The van der Waals surface area contributed by atoms with Gasteiger partial charge in [0.05, 0.1) is 5.52 Å². The van der Waals surface area contributed by atoms with Gasteiger partial charge in [0.1, 0.15) is 23.1 Å². The largest absolute Gasteiger partial charge is 0.457 e. The fourth-order valence-electron chi connectivity index (χ4n) is 3.39. The average Bonchev–Trinajstić information content (AvgIpc) is 2.72. The van der Waals surface area contributed by atoms with Crippen molar-refractivity contribution in [2.75, 3.05) is 0 Å². The van der Waals surface area contributed by atoms with Gasteiger partial charge in [0, 0.05) is 24.4 Å². The zero-order valence-electron chi connectivity index (χ0n) is 17.0. The second kappa shape index (κ2) is 8.46. The van der Waals surface area contributed by atoms with Crippen LogP contribution in [0.3, 0.4) is 0 Å². The third kappa shape index (κ3) is 4.54. The Balaban J connectivity index is 1.45. The second-order valence-corrected chi connectivity index (χ2v) is 7.53. The van der Waals surface area contributed by atoms with Crippen molar-refractivity contribution >= 4 is 16.7 Å². The number of hydrogen-bond donors (Lipinski definition) is 0. The average molecular weight is 399 g/mol. The topological polar surface area (TPSA) is 39.2 Å². The van der Waals surface area contributed by atoms with E-state index in [9.17, 15) is 9.18 Å². The first-order valence-corrected chi connectivity index (χ1v) is 9.87. The number of aromatic nitrogens is 1. The lowest BCUT2D eigenvalue weighted by molar-refractivity contribution is -0.117. The maximum Gasteiger partial charge on any atom is 0.141 e. The zero-order chi connectivity index (χ0) is 21.1. The van der Waals surface area contributed by atoms with Gasteiger partial charge in [-0.15, -0.1) is 0 Å². The summed E-state index contributed by atoms with van der Waals surface area (Å²) in [6.07, 6.45) is 2.36. The first kappa shape index (κ1) is 19.8. The molecule has 0 bridgehead atoms. The van der Waals surface area contributed by atoms with Crippen molar-refractivity contribution in [1.29, 1.82) is 0 Å². The number of halogens is 1. The molecule has 0 amide bonds. The number of nitrogens with zero attached hydrogens (tertiary/aromatic N) is 1. The summed E-state index contributed by atoms with van der Waals surface area (Å²) in [6, 6.07) is 19.6. The fraction of sp³-hybridized carbons (Fsp3) is 0.154. The quantitative estimate of drug-likeness (QED) is 0.391. The van der Waals surface area contributed by atoms with Crippen LogP contribution >= 0.6 is 0 Å². The van der Waals surface area contributed by atoms with Gasteiger partial charge in [0.15, 0.2) is 0 Å². The maximum absolute atomic E-state index is 13.0. The van der Waals surface area contributed by atoms with Crippen molar-refractivity contribution in [3.05, 3.63) is 101 Å². The van der Waals surface area contributed by atoms with Crippen molar-refractivity contribution in [2.45, 2.75) is 26.7 Å². The molecule has 4 aromatic rings. The molecule has 0 N–H and O–H groups in total. The van der Waals surface area contributed by atoms with Crippen LogP contribution in [0.4, 0.5) is 4.39 Å². The number of benzene rings is 3. The van der Waals surface area contributed by atoms with E-state index in [4.69, 9.17) is 4.74 Å². The summed E-state index contributed by atoms with van der Waals surface area (Å²) >= 11 is 0. The predicted octanol–water partition coefficient (Wildman–Crippen LogP) is 6.14. The zero-order valence-corrected chi connectivity index (χ0v) is 17.0. The summed E-state index contributed by atoms with van der Waals surface area (Å²) < 4.78 is 19.1. The molecule has 0 fully saturated rings. The number of carbonyl (C=O) groups excluding carboxylic acids is 1. The lowest BCUT2D eigenvalue weighted by Gasteiger charge is -2.11. The number of hydrogen-bond acceptors (Lipinski definition) is 3. The van der Waals surface area contributed by atoms with Gasteiger partial charge in [0.25, 0.3) is 0 Å². The van der Waals surface area contributed by atoms with Gasteiger partial charge in [-0.2, -0.15) is 0 Å². The molecule has 1 aromatic heterocycles. The van der Waals surface area contributed by atoms with Crippen LogP contribution in [0.2, 0.25) is 0 Å². The molecule has 0 aliphatic heterocycles. The summed E-state index contributed by atoms with van der Waals surface area (Å²) in [5.41, 5.74) is 5.02. The minimum atomic E-state index is -0.297. The Morgan fingerprint density at radius 2 is 1.47 bits per heavy atom. The SMILES string of the molecule is Cc1cc2nccc(Oc3ccc(CC(=O)Cc4ccc(F)cc4)cc3)c2cc1C. The number of rotatable bonds is 6. The summed E-state index contributed by atoms with van der Waals surface area (Å²) in [7, 11) is 0.